The highest BCUT2D eigenvalue weighted by Gasteiger charge is 2.07. The Kier molecular flexibility index (Phi) is 4.33. The molecule has 0 aliphatic heterocycles. The highest BCUT2D eigenvalue weighted by molar-refractivity contribution is 5.39. The van der Waals surface area contributed by atoms with Crippen molar-refractivity contribution in [1.82, 2.24) is 19.5 Å². The number of hydrogen-bond acceptors (Lipinski definition) is 5. The lowest BCUT2D eigenvalue weighted by Gasteiger charge is -2.15. The van der Waals surface area contributed by atoms with E-state index in [-0.39, 0.29) is 6.04 Å². The monoisotopic (exact) mass is 261 g/mol. The summed E-state index contributed by atoms with van der Waals surface area (Å²) in [4.78, 5) is 12.6. The van der Waals surface area contributed by atoms with Crippen LogP contribution in [0.15, 0.2) is 24.8 Å². The van der Waals surface area contributed by atoms with Gasteiger partial charge in [0.2, 0.25) is 5.88 Å². The van der Waals surface area contributed by atoms with Gasteiger partial charge in [-0.25, -0.2) is 9.97 Å². The molecule has 0 aliphatic carbocycles. The van der Waals surface area contributed by atoms with Crippen molar-refractivity contribution in [2.45, 2.75) is 33.4 Å². The molecular weight excluding hydrogens is 242 g/mol. The van der Waals surface area contributed by atoms with Crippen molar-refractivity contribution in [3.05, 3.63) is 30.6 Å². The van der Waals surface area contributed by atoms with E-state index in [1.165, 1.54) is 0 Å². The highest BCUT2D eigenvalue weighted by atomic mass is 16.5. The van der Waals surface area contributed by atoms with Gasteiger partial charge in [0.1, 0.15) is 11.6 Å². The van der Waals surface area contributed by atoms with Crippen LogP contribution in [-0.2, 0) is 6.54 Å². The van der Waals surface area contributed by atoms with Crippen LogP contribution in [0, 0.1) is 6.92 Å². The molecule has 2 heterocycles. The molecule has 19 heavy (non-hydrogen) atoms. The van der Waals surface area contributed by atoms with Crippen molar-refractivity contribution in [1.29, 1.82) is 0 Å². The molecule has 2 rings (SSSR count). The van der Waals surface area contributed by atoms with E-state index >= 15 is 0 Å². The lowest BCUT2D eigenvalue weighted by Crippen LogP contribution is -2.22. The second-order valence-corrected chi connectivity index (χ2v) is 4.38. The summed E-state index contributed by atoms with van der Waals surface area (Å²) >= 11 is 0. The Hall–Kier alpha value is -2.11. The number of nitrogens with one attached hydrogen (secondary N) is 1. The second-order valence-electron chi connectivity index (χ2n) is 4.38. The van der Waals surface area contributed by atoms with Crippen LogP contribution in [0.3, 0.4) is 0 Å². The molecule has 0 saturated heterocycles. The molecule has 1 unspecified atom stereocenters. The molecular formula is C13H19N5O. The fourth-order valence-electron chi connectivity index (χ4n) is 1.85. The van der Waals surface area contributed by atoms with E-state index in [4.69, 9.17) is 4.74 Å². The number of aromatic nitrogens is 4. The zero-order valence-corrected chi connectivity index (χ0v) is 11.5. The quantitative estimate of drug-likeness (QED) is 0.860. The summed E-state index contributed by atoms with van der Waals surface area (Å²) in [7, 11) is 0. The molecule has 0 aliphatic rings. The summed E-state index contributed by atoms with van der Waals surface area (Å²) in [6.07, 6.45) is 5.51. The van der Waals surface area contributed by atoms with Crippen molar-refractivity contribution < 1.29 is 4.74 Å². The molecule has 2 aromatic heterocycles. The van der Waals surface area contributed by atoms with E-state index in [1.807, 2.05) is 30.7 Å². The first-order chi connectivity index (χ1) is 9.17. The fourth-order valence-corrected chi connectivity index (χ4v) is 1.85. The largest absolute Gasteiger partial charge is 0.478 e. The number of nitrogens with zero attached hydrogens (tertiary/aromatic N) is 4. The van der Waals surface area contributed by atoms with Gasteiger partial charge in [-0.05, 0) is 20.8 Å². The third kappa shape index (κ3) is 3.94. The van der Waals surface area contributed by atoms with Crippen molar-refractivity contribution >= 4 is 5.82 Å². The summed E-state index contributed by atoms with van der Waals surface area (Å²) in [6.45, 7) is 7.31. The summed E-state index contributed by atoms with van der Waals surface area (Å²) in [5.74, 6) is 2.08. The number of imidazole rings is 1. The minimum Gasteiger partial charge on any atom is -0.478 e. The normalized spacial score (nSPS) is 12.2. The minimum atomic E-state index is 0.234. The van der Waals surface area contributed by atoms with Crippen LogP contribution in [0.1, 0.15) is 19.7 Å². The third-order valence-corrected chi connectivity index (χ3v) is 2.54. The Morgan fingerprint density at radius 2 is 2.26 bits per heavy atom. The molecule has 0 radical (unpaired) electrons. The molecule has 0 aromatic carbocycles. The first kappa shape index (κ1) is 13.3. The van der Waals surface area contributed by atoms with E-state index in [9.17, 15) is 0 Å². The lowest BCUT2D eigenvalue weighted by molar-refractivity contribution is 0.325. The van der Waals surface area contributed by atoms with E-state index in [0.29, 0.717) is 18.3 Å². The Bertz CT molecular complexity index is 512. The fraction of sp³-hybridized carbons (Fsp3) is 0.462. The minimum absolute atomic E-state index is 0.234. The molecule has 0 bridgehead atoms. The molecule has 6 heteroatoms. The van der Waals surface area contributed by atoms with E-state index < -0.39 is 0 Å². The molecule has 1 atom stereocenters. The maximum absolute atomic E-state index is 5.41. The Balaban J connectivity index is 2.01. The van der Waals surface area contributed by atoms with Gasteiger partial charge in [-0.1, -0.05) is 0 Å². The predicted octanol–water partition coefficient (Wildman–Crippen LogP) is 1.88. The number of aryl methyl sites for hydroxylation is 1. The smallest absolute Gasteiger partial charge is 0.218 e. The van der Waals surface area contributed by atoms with E-state index in [2.05, 4.69) is 27.2 Å². The van der Waals surface area contributed by atoms with Gasteiger partial charge in [-0.15, -0.1) is 0 Å². The Morgan fingerprint density at radius 1 is 1.42 bits per heavy atom. The Labute approximate surface area is 112 Å². The summed E-state index contributed by atoms with van der Waals surface area (Å²) in [5, 5.41) is 3.34. The second kappa shape index (κ2) is 6.17. The summed E-state index contributed by atoms with van der Waals surface area (Å²) in [6, 6.07) is 2.05. The Morgan fingerprint density at radius 3 is 2.95 bits per heavy atom. The molecule has 2 aromatic rings. The van der Waals surface area contributed by atoms with Gasteiger partial charge in [0.15, 0.2) is 0 Å². The molecule has 1 N–H and O–H groups in total. The van der Waals surface area contributed by atoms with Crippen molar-refractivity contribution in [3.63, 3.8) is 0 Å². The lowest BCUT2D eigenvalue weighted by atomic mass is 10.3. The van der Waals surface area contributed by atoms with Gasteiger partial charge >= 0.3 is 0 Å². The molecule has 0 saturated carbocycles. The molecule has 0 amide bonds. The number of ether oxygens (including phenoxy) is 1. The van der Waals surface area contributed by atoms with Crippen molar-refractivity contribution in [3.8, 4) is 5.88 Å². The van der Waals surface area contributed by atoms with Crippen molar-refractivity contribution in [2.75, 3.05) is 11.9 Å². The van der Waals surface area contributed by atoms with Gasteiger partial charge in [0, 0.05) is 31.0 Å². The van der Waals surface area contributed by atoms with Gasteiger partial charge in [-0.2, -0.15) is 4.98 Å². The van der Waals surface area contributed by atoms with Gasteiger partial charge in [-0.3, -0.25) is 0 Å². The van der Waals surface area contributed by atoms with Crippen LogP contribution in [0.25, 0.3) is 0 Å². The third-order valence-electron chi connectivity index (χ3n) is 2.54. The van der Waals surface area contributed by atoms with E-state index in [1.54, 1.807) is 12.5 Å². The van der Waals surface area contributed by atoms with Crippen LogP contribution in [0.2, 0.25) is 0 Å². The molecule has 0 spiro atoms. The molecule has 0 fully saturated rings. The summed E-state index contributed by atoms with van der Waals surface area (Å²) in [5.41, 5.74) is 0. The van der Waals surface area contributed by atoms with Crippen LogP contribution < -0.4 is 10.1 Å². The van der Waals surface area contributed by atoms with Crippen LogP contribution in [-0.4, -0.2) is 32.2 Å². The van der Waals surface area contributed by atoms with Gasteiger partial charge < -0.3 is 14.6 Å². The number of anilines is 1. The average Bonchev–Trinajstić information content (AvgIpc) is 2.81. The zero-order valence-electron chi connectivity index (χ0n) is 11.5. The highest BCUT2D eigenvalue weighted by Crippen LogP contribution is 2.14. The van der Waals surface area contributed by atoms with Crippen molar-refractivity contribution in [2.24, 2.45) is 0 Å². The first-order valence-corrected chi connectivity index (χ1v) is 6.38. The standard InChI is InChI=1S/C13H19N5O/c1-4-19-13-7-12(16-11(3)17-13)15-10(2)8-18-6-5-14-9-18/h5-7,9-10H,4,8H2,1-3H3,(H,15,16,17). The van der Waals surface area contributed by atoms with Gasteiger partial charge in [0.05, 0.1) is 12.9 Å². The molecule has 102 valence electrons. The maximum Gasteiger partial charge on any atom is 0.218 e. The van der Waals surface area contributed by atoms with Crippen LogP contribution in [0.4, 0.5) is 5.82 Å². The SMILES string of the molecule is CCOc1cc(NC(C)Cn2ccnc2)nc(C)n1. The zero-order chi connectivity index (χ0) is 13.7. The first-order valence-electron chi connectivity index (χ1n) is 6.38. The topological polar surface area (TPSA) is 64.9 Å². The van der Waals surface area contributed by atoms with Crippen LogP contribution >= 0.6 is 0 Å². The number of rotatable bonds is 6. The van der Waals surface area contributed by atoms with Crippen LogP contribution in [0.5, 0.6) is 5.88 Å². The number of hydrogen-bond donors (Lipinski definition) is 1. The van der Waals surface area contributed by atoms with Gasteiger partial charge in [0.25, 0.3) is 0 Å². The average molecular weight is 261 g/mol. The summed E-state index contributed by atoms with van der Waals surface area (Å²) < 4.78 is 7.43. The molecule has 6 nitrogen and oxygen atoms in total. The van der Waals surface area contributed by atoms with E-state index in [0.717, 1.165) is 12.4 Å². The predicted molar refractivity (Wildman–Crippen MR) is 73.2 cm³/mol. The maximum atomic E-state index is 5.41.